The van der Waals surface area contributed by atoms with E-state index in [2.05, 4.69) is 17.0 Å². The normalized spacial score (nSPS) is 20.3. The first-order valence-electron chi connectivity index (χ1n) is 8.92. The Morgan fingerprint density at radius 1 is 0.840 bits per heavy atom. The average molecular weight is 334 g/mol. The van der Waals surface area contributed by atoms with E-state index in [-0.39, 0.29) is 17.6 Å². The Bertz CT molecular complexity index is 779. The molecule has 1 amide bonds. The van der Waals surface area contributed by atoms with Crippen molar-refractivity contribution in [3.63, 3.8) is 0 Å². The van der Waals surface area contributed by atoms with E-state index in [9.17, 15) is 9.59 Å². The zero-order valence-electron chi connectivity index (χ0n) is 14.2. The van der Waals surface area contributed by atoms with Crippen molar-refractivity contribution in [1.29, 1.82) is 0 Å². The molecule has 2 aliphatic rings. The number of amides is 1. The van der Waals surface area contributed by atoms with Crippen LogP contribution in [0.3, 0.4) is 0 Å². The molecule has 4 rings (SSSR count). The summed E-state index contributed by atoms with van der Waals surface area (Å²) >= 11 is 0. The van der Waals surface area contributed by atoms with E-state index in [4.69, 9.17) is 0 Å². The number of carbonyl (C=O) groups is 2. The third-order valence-corrected chi connectivity index (χ3v) is 5.28. The molecule has 0 radical (unpaired) electrons. The predicted molar refractivity (Wildman–Crippen MR) is 97.8 cm³/mol. The topological polar surface area (TPSA) is 40.6 Å². The highest BCUT2D eigenvalue weighted by molar-refractivity contribution is 6.01. The Morgan fingerprint density at radius 3 is 2.28 bits per heavy atom. The summed E-state index contributed by atoms with van der Waals surface area (Å²) in [6, 6.07) is 18.0. The van der Waals surface area contributed by atoms with Crippen molar-refractivity contribution in [3.8, 4) is 0 Å². The summed E-state index contributed by atoms with van der Waals surface area (Å²) in [5, 5.41) is 0. The number of nitrogens with zero attached hydrogens (tertiary/aromatic N) is 2. The van der Waals surface area contributed by atoms with Crippen molar-refractivity contribution in [2.75, 3.05) is 31.1 Å². The third kappa shape index (κ3) is 3.16. The van der Waals surface area contributed by atoms with Crippen LogP contribution in [0, 0.1) is 5.92 Å². The van der Waals surface area contributed by atoms with Crippen molar-refractivity contribution in [2.24, 2.45) is 5.92 Å². The van der Waals surface area contributed by atoms with Crippen molar-refractivity contribution >= 4 is 17.4 Å². The van der Waals surface area contributed by atoms with Gasteiger partial charge in [-0.3, -0.25) is 9.59 Å². The fraction of sp³-hybridized carbons (Fsp3) is 0.333. The minimum absolute atomic E-state index is 0.100. The molecule has 0 bridgehead atoms. The van der Waals surface area contributed by atoms with Crippen molar-refractivity contribution in [1.82, 2.24) is 4.90 Å². The Kier molecular flexibility index (Phi) is 4.26. The summed E-state index contributed by atoms with van der Waals surface area (Å²) in [4.78, 5) is 29.5. The van der Waals surface area contributed by atoms with Crippen LogP contribution in [0.1, 0.15) is 22.3 Å². The molecule has 2 aromatic carbocycles. The van der Waals surface area contributed by atoms with Gasteiger partial charge in [0.15, 0.2) is 5.78 Å². The van der Waals surface area contributed by atoms with Gasteiger partial charge in [-0.2, -0.15) is 0 Å². The summed E-state index contributed by atoms with van der Waals surface area (Å²) in [6.45, 7) is 3.13. The van der Waals surface area contributed by atoms with Gasteiger partial charge < -0.3 is 9.80 Å². The van der Waals surface area contributed by atoms with Gasteiger partial charge in [-0.15, -0.1) is 0 Å². The minimum Gasteiger partial charge on any atom is -0.368 e. The highest BCUT2D eigenvalue weighted by atomic mass is 16.2. The third-order valence-electron chi connectivity index (χ3n) is 5.28. The molecule has 1 atom stereocenters. The predicted octanol–water partition coefficient (Wildman–Crippen LogP) is 2.78. The van der Waals surface area contributed by atoms with Crippen molar-refractivity contribution in [2.45, 2.75) is 12.8 Å². The molecule has 1 unspecified atom stereocenters. The molecule has 1 fully saturated rings. The van der Waals surface area contributed by atoms with Gasteiger partial charge in [0.05, 0.1) is 0 Å². The highest BCUT2D eigenvalue weighted by Crippen LogP contribution is 2.27. The Morgan fingerprint density at radius 2 is 1.52 bits per heavy atom. The first-order valence-corrected chi connectivity index (χ1v) is 8.92. The molecular formula is C21H22N2O2. The quantitative estimate of drug-likeness (QED) is 0.848. The first-order chi connectivity index (χ1) is 12.2. The van der Waals surface area contributed by atoms with Crippen molar-refractivity contribution in [3.05, 3.63) is 65.7 Å². The van der Waals surface area contributed by atoms with Crippen LogP contribution in [-0.2, 0) is 11.2 Å². The Balaban J connectivity index is 1.41. The van der Waals surface area contributed by atoms with E-state index in [0.29, 0.717) is 12.8 Å². The lowest BCUT2D eigenvalue weighted by atomic mass is 9.82. The van der Waals surface area contributed by atoms with E-state index in [1.54, 1.807) is 0 Å². The van der Waals surface area contributed by atoms with Crippen molar-refractivity contribution < 1.29 is 9.59 Å². The van der Waals surface area contributed by atoms with Crippen LogP contribution >= 0.6 is 0 Å². The first kappa shape index (κ1) is 15.9. The average Bonchev–Trinajstić information content (AvgIpc) is 2.68. The summed E-state index contributed by atoms with van der Waals surface area (Å²) in [7, 11) is 0. The molecule has 0 N–H and O–H groups in total. The SMILES string of the molecule is O=C1CC(C(=O)N2CCN(c3ccccc3)CC2)Cc2ccccc21. The number of benzene rings is 2. The fourth-order valence-electron chi connectivity index (χ4n) is 3.90. The van der Waals surface area contributed by atoms with Crippen LogP contribution in [0.5, 0.6) is 0 Å². The van der Waals surface area contributed by atoms with Gasteiger partial charge in [0.2, 0.25) is 5.91 Å². The number of carbonyl (C=O) groups excluding carboxylic acids is 2. The highest BCUT2D eigenvalue weighted by Gasteiger charge is 2.33. The van der Waals surface area contributed by atoms with E-state index >= 15 is 0 Å². The molecule has 0 spiro atoms. The van der Waals surface area contributed by atoms with E-state index < -0.39 is 0 Å². The second-order valence-corrected chi connectivity index (χ2v) is 6.83. The monoisotopic (exact) mass is 334 g/mol. The summed E-state index contributed by atoms with van der Waals surface area (Å²) < 4.78 is 0. The number of anilines is 1. The van der Waals surface area contributed by atoms with Gasteiger partial charge in [-0.1, -0.05) is 42.5 Å². The number of fused-ring (bicyclic) bond motifs is 1. The lowest BCUT2D eigenvalue weighted by Crippen LogP contribution is -2.51. The molecule has 4 nitrogen and oxygen atoms in total. The zero-order chi connectivity index (χ0) is 17.2. The van der Waals surface area contributed by atoms with Gasteiger partial charge in [-0.25, -0.2) is 0 Å². The summed E-state index contributed by atoms with van der Waals surface area (Å²) in [6.07, 6.45) is 1.02. The summed E-state index contributed by atoms with van der Waals surface area (Å²) in [5.74, 6) is 0.0318. The minimum atomic E-state index is -0.203. The van der Waals surface area contributed by atoms with Gasteiger partial charge in [-0.05, 0) is 24.1 Å². The van der Waals surface area contributed by atoms with E-state index in [1.807, 2.05) is 47.4 Å². The smallest absolute Gasteiger partial charge is 0.226 e. The zero-order valence-corrected chi connectivity index (χ0v) is 14.2. The van der Waals surface area contributed by atoms with Gasteiger partial charge in [0, 0.05) is 49.8 Å². The maximum atomic E-state index is 12.9. The summed E-state index contributed by atoms with van der Waals surface area (Å²) in [5.41, 5.74) is 3.01. The molecule has 0 aromatic heterocycles. The number of ketones is 1. The fourth-order valence-corrected chi connectivity index (χ4v) is 3.90. The molecule has 2 aromatic rings. The Hall–Kier alpha value is -2.62. The van der Waals surface area contributed by atoms with Crippen LogP contribution < -0.4 is 4.90 Å². The number of piperazine rings is 1. The molecule has 1 heterocycles. The molecule has 25 heavy (non-hydrogen) atoms. The number of para-hydroxylation sites is 1. The number of hydrogen-bond donors (Lipinski definition) is 0. The maximum Gasteiger partial charge on any atom is 0.226 e. The van der Waals surface area contributed by atoms with Gasteiger partial charge in [0.25, 0.3) is 0 Å². The Labute approximate surface area is 148 Å². The second kappa shape index (κ2) is 6.71. The van der Waals surface area contributed by atoms with Gasteiger partial charge >= 0.3 is 0 Å². The standard InChI is InChI=1S/C21H22N2O2/c24-20-15-17(14-16-6-4-5-9-19(16)20)21(25)23-12-10-22(11-13-23)18-7-2-1-3-8-18/h1-9,17H,10-15H2. The lowest BCUT2D eigenvalue weighted by molar-refractivity contribution is -0.135. The van der Waals surface area contributed by atoms with Crippen LogP contribution in [0.4, 0.5) is 5.69 Å². The van der Waals surface area contributed by atoms with Crippen LogP contribution in [0.25, 0.3) is 0 Å². The molecule has 4 heteroatoms. The van der Waals surface area contributed by atoms with E-state index in [0.717, 1.165) is 37.3 Å². The van der Waals surface area contributed by atoms with Crippen LogP contribution in [0.15, 0.2) is 54.6 Å². The van der Waals surface area contributed by atoms with E-state index in [1.165, 1.54) is 5.69 Å². The molecule has 1 saturated heterocycles. The number of hydrogen-bond acceptors (Lipinski definition) is 3. The molecular weight excluding hydrogens is 312 g/mol. The molecule has 0 saturated carbocycles. The second-order valence-electron chi connectivity index (χ2n) is 6.83. The molecule has 128 valence electrons. The van der Waals surface area contributed by atoms with Crippen LogP contribution in [-0.4, -0.2) is 42.8 Å². The largest absolute Gasteiger partial charge is 0.368 e. The maximum absolute atomic E-state index is 12.9. The molecule has 1 aliphatic heterocycles. The number of Topliss-reactive ketones (excluding diaryl/α,β-unsaturated/α-hetero) is 1. The van der Waals surface area contributed by atoms with Gasteiger partial charge in [0.1, 0.15) is 0 Å². The number of rotatable bonds is 2. The van der Waals surface area contributed by atoms with Crippen LogP contribution in [0.2, 0.25) is 0 Å². The lowest BCUT2D eigenvalue weighted by Gasteiger charge is -2.38. The molecule has 1 aliphatic carbocycles.